The van der Waals surface area contributed by atoms with Crippen molar-refractivity contribution in [3.05, 3.63) is 28.2 Å². The van der Waals surface area contributed by atoms with E-state index in [-0.39, 0.29) is 5.91 Å². The van der Waals surface area contributed by atoms with Crippen molar-refractivity contribution in [1.82, 2.24) is 4.90 Å². The summed E-state index contributed by atoms with van der Waals surface area (Å²) in [5.41, 5.74) is 2.50. The van der Waals surface area contributed by atoms with Crippen LogP contribution in [0.1, 0.15) is 18.9 Å². The van der Waals surface area contributed by atoms with Crippen LogP contribution in [-0.4, -0.2) is 37.0 Å². The number of carbonyl (C=O) groups excluding carboxylic acids is 1. The Hall–Kier alpha value is -1.03. The molecular weight excluding hydrogens is 292 g/mol. The Morgan fingerprint density at radius 1 is 1.28 bits per heavy atom. The minimum absolute atomic E-state index is 0.265. The van der Waals surface area contributed by atoms with Gasteiger partial charge >= 0.3 is 0 Å². The molecule has 0 aliphatic carbocycles. The van der Waals surface area contributed by atoms with Gasteiger partial charge in [-0.15, -0.1) is 0 Å². The number of hydrogen-bond donors (Lipinski definition) is 0. The van der Waals surface area contributed by atoms with Gasteiger partial charge in [-0.25, -0.2) is 0 Å². The van der Waals surface area contributed by atoms with Crippen LogP contribution in [0, 0.1) is 6.92 Å². The fourth-order valence-electron chi connectivity index (χ4n) is 2.26. The Kier molecular flexibility index (Phi) is 4.27. The number of nitrogens with zero attached hydrogens (tertiary/aromatic N) is 2. The number of piperazine rings is 1. The summed E-state index contributed by atoms with van der Waals surface area (Å²) in [5.74, 6) is 0.265. The van der Waals surface area contributed by atoms with Crippen LogP contribution >= 0.6 is 15.9 Å². The van der Waals surface area contributed by atoms with Crippen molar-refractivity contribution < 1.29 is 4.79 Å². The summed E-state index contributed by atoms with van der Waals surface area (Å²) in [4.78, 5) is 15.9. The maximum atomic E-state index is 11.6. The molecule has 2 rings (SSSR count). The highest BCUT2D eigenvalue weighted by molar-refractivity contribution is 9.10. The van der Waals surface area contributed by atoms with E-state index in [1.807, 2.05) is 11.8 Å². The van der Waals surface area contributed by atoms with Gasteiger partial charge in [0.15, 0.2) is 0 Å². The molecule has 0 N–H and O–H groups in total. The first kappa shape index (κ1) is 13.4. The first-order valence-electron chi connectivity index (χ1n) is 6.40. The van der Waals surface area contributed by atoms with Crippen LogP contribution in [0.4, 0.5) is 5.69 Å². The van der Waals surface area contributed by atoms with Crippen LogP contribution in [0.2, 0.25) is 0 Å². The lowest BCUT2D eigenvalue weighted by molar-refractivity contribution is -0.131. The standard InChI is InChI=1S/C14H19BrN2O/c1-3-14(18)17-8-6-16(7-9-17)12-4-5-13(15)11(2)10-12/h4-5,10H,3,6-9H2,1-2H3. The van der Waals surface area contributed by atoms with Crippen molar-refractivity contribution in [1.29, 1.82) is 0 Å². The Balaban J connectivity index is 2.01. The van der Waals surface area contributed by atoms with E-state index in [0.717, 1.165) is 30.7 Å². The summed E-state index contributed by atoms with van der Waals surface area (Å²) in [7, 11) is 0. The van der Waals surface area contributed by atoms with Gasteiger partial charge in [0.05, 0.1) is 0 Å². The number of benzene rings is 1. The molecule has 1 saturated heterocycles. The molecule has 1 heterocycles. The second-order valence-corrected chi connectivity index (χ2v) is 5.51. The average Bonchev–Trinajstić information content (AvgIpc) is 2.41. The van der Waals surface area contributed by atoms with Crippen molar-refractivity contribution in [3.63, 3.8) is 0 Å². The maximum Gasteiger partial charge on any atom is 0.222 e. The molecule has 0 atom stereocenters. The van der Waals surface area contributed by atoms with Crippen molar-refractivity contribution in [2.75, 3.05) is 31.1 Å². The molecule has 0 spiro atoms. The number of hydrogen-bond acceptors (Lipinski definition) is 2. The summed E-state index contributed by atoms with van der Waals surface area (Å²) in [6.07, 6.45) is 0.609. The highest BCUT2D eigenvalue weighted by atomic mass is 79.9. The van der Waals surface area contributed by atoms with Crippen LogP contribution < -0.4 is 4.90 Å². The monoisotopic (exact) mass is 310 g/mol. The lowest BCUT2D eigenvalue weighted by atomic mass is 10.2. The Labute approximate surface area is 117 Å². The zero-order valence-corrected chi connectivity index (χ0v) is 12.5. The van der Waals surface area contributed by atoms with Crippen LogP contribution in [0.3, 0.4) is 0 Å². The Morgan fingerprint density at radius 3 is 2.50 bits per heavy atom. The lowest BCUT2D eigenvalue weighted by Gasteiger charge is -2.36. The molecule has 1 aromatic carbocycles. The van der Waals surface area contributed by atoms with Gasteiger partial charge in [-0.05, 0) is 30.7 Å². The molecule has 1 fully saturated rings. The normalized spacial score (nSPS) is 15.9. The van der Waals surface area contributed by atoms with E-state index in [1.54, 1.807) is 0 Å². The smallest absolute Gasteiger partial charge is 0.222 e. The highest BCUT2D eigenvalue weighted by Gasteiger charge is 2.20. The minimum atomic E-state index is 0.265. The van der Waals surface area contributed by atoms with Crippen molar-refractivity contribution in [2.24, 2.45) is 0 Å². The molecule has 1 amide bonds. The Morgan fingerprint density at radius 2 is 1.94 bits per heavy atom. The number of carbonyl (C=O) groups is 1. The van der Waals surface area contributed by atoms with Crippen molar-refractivity contribution in [2.45, 2.75) is 20.3 Å². The molecule has 0 saturated carbocycles. The number of aryl methyl sites for hydroxylation is 1. The summed E-state index contributed by atoms with van der Waals surface area (Å²) >= 11 is 3.52. The van der Waals surface area contributed by atoms with Gasteiger partial charge in [0.1, 0.15) is 0 Å². The molecule has 18 heavy (non-hydrogen) atoms. The molecule has 0 bridgehead atoms. The first-order chi connectivity index (χ1) is 8.61. The SMILES string of the molecule is CCC(=O)N1CCN(c2ccc(Br)c(C)c2)CC1. The fourth-order valence-corrected chi connectivity index (χ4v) is 2.51. The van der Waals surface area contributed by atoms with E-state index in [2.05, 4.69) is 46.0 Å². The van der Waals surface area contributed by atoms with E-state index in [4.69, 9.17) is 0 Å². The summed E-state index contributed by atoms with van der Waals surface area (Å²) in [6, 6.07) is 6.42. The zero-order valence-electron chi connectivity index (χ0n) is 10.9. The molecule has 1 aromatic rings. The van der Waals surface area contributed by atoms with Crippen LogP contribution in [0.25, 0.3) is 0 Å². The molecule has 1 aliphatic rings. The van der Waals surface area contributed by atoms with Crippen molar-refractivity contribution in [3.8, 4) is 0 Å². The third-order valence-corrected chi connectivity index (χ3v) is 4.33. The first-order valence-corrected chi connectivity index (χ1v) is 7.20. The Bertz CT molecular complexity index is 439. The molecule has 3 nitrogen and oxygen atoms in total. The average molecular weight is 311 g/mol. The van der Waals surface area contributed by atoms with Gasteiger partial charge in [0.25, 0.3) is 0 Å². The minimum Gasteiger partial charge on any atom is -0.368 e. The van der Waals surface area contributed by atoms with E-state index < -0.39 is 0 Å². The molecule has 0 unspecified atom stereocenters. The molecule has 4 heteroatoms. The fraction of sp³-hybridized carbons (Fsp3) is 0.500. The van der Waals surface area contributed by atoms with Gasteiger partial charge in [-0.2, -0.15) is 0 Å². The topological polar surface area (TPSA) is 23.6 Å². The zero-order chi connectivity index (χ0) is 13.1. The molecule has 0 aromatic heterocycles. The maximum absolute atomic E-state index is 11.6. The lowest BCUT2D eigenvalue weighted by Crippen LogP contribution is -2.48. The van der Waals surface area contributed by atoms with E-state index in [1.165, 1.54) is 11.3 Å². The van der Waals surface area contributed by atoms with Gasteiger partial charge in [0.2, 0.25) is 5.91 Å². The summed E-state index contributed by atoms with van der Waals surface area (Å²) < 4.78 is 1.14. The quantitative estimate of drug-likeness (QED) is 0.838. The molecular formula is C14H19BrN2O. The number of rotatable bonds is 2. The third-order valence-electron chi connectivity index (χ3n) is 3.44. The van der Waals surface area contributed by atoms with Crippen molar-refractivity contribution >= 4 is 27.5 Å². The van der Waals surface area contributed by atoms with Gasteiger partial charge < -0.3 is 9.80 Å². The number of anilines is 1. The molecule has 0 radical (unpaired) electrons. The highest BCUT2D eigenvalue weighted by Crippen LogP contribution is 2.23. The molecule has 1 aliphatic heterocycles. The predicted molar refractivity (Wildman–Crippen MR) is 78.0 cm³/mol. The summed E-state index contributed by atoms with van der Waals surface area (Å²) in [5, 5.41) is 0. The predicted octanol–water partition coefficient (Wildman–Crippen LogP) is 2.82. The number of amides is 1. The van der Waals surface area contributed by atoms with Gasteiger partial charge in [-0.1, -0.05) is 22.9 Å². The number of halogens is 1. The van der Waals surface area contributed by atoms with E-state index in [0.29, 0.717) is 6.42 Å². The van der Waals surface area contributed by atoms with Crippen LogP contribution in [0.5, 0.6) is 0 Å². The second-order valence-electron chi connectivity index (χ2n) is 4.65. The third kappa shape index (κ3) is 2.86. The van der Waals surface area contributed by atoms with Crippen LogP contribution in [0.15, 0.2) is 22.7 Å². The van der Waals surface area contributed by atoms with E-state index in [9.17, 15) is 4.79 Å². The van der Waals surface area contributed by atoms with Crippen LogP contribution in [-0.2, 0) is 4.79 Å². The molecule has 98 valence electrons. The summed E-state index contributed by atoms with van der Waals surface area (Å²) in [6.45, 7) is 7.54. The van der Waals surface area contributed by atoms with Gasteiger partial charge in [-0.3, -0.25) is 4.79 Å². The largest absolute Gasteiger partial charge is 0.368 e. The second kappa shape index (κ2) is 5.74. The van der Waals surface area contributed by atoms with E-state index >= 15 is 0 Å². The van der Waals surface area contributed by atoms with Gasteiger partial charge in [0, 0.05) is 42.8 Å².